The van der Waals surface area contributed by atoms with Gasteiger partial charge < -0.3 is 20.9 Å². The molecule has 0 rings (SSSR count). The summed E-state index contributed by atoms with van der Waals surface area (Å²) in [5, 5.41) is 11.9. The molecule has 7 heteroatoms. The Hall–Kier alpha value is -2.15. The van der Waals surface area contributed by atoms with Crippen LogP contribution in [0.1, 0.15) is 194 Å². The van der Waals surface area contributed by atoms with Crippen molar-refractivity contribution >= 4 is 17.8 Å². The molecule has 0 saturated carbocycles. The van der Waals surface area contributed by atoms with E-state index < -0.39 is 12.0 Å². The van der Waals surface area contributed by atoms with Crippen molar-refractivity contribution in [2.75, 3.05) is 6.54 Å². The van der Waals surface area contributed by atoms with Crippen LogP contribution in [0.25, 0.3) is 0 Å². The zero-order valence-electron chi connectivity index (χ0n) is 30.6. The van der Waals surface area contributed by atoms with E-state index in [9.17, 15) is 19.5 Å². The van der Waals surface area contributed by atoms with Gasteiger partial charge in [-0.15, -0.1) is 0 Å². The van der Waals surface area contributed by atoms with Crippen molar-refractivity contribution in [3.63, 3.8) is 0 Å². The van der Waals surface area contributed by atoms with E-state index in [0.29, 0.717) is 32.2 Å². The van der Waals surface area contributed by atoms with Crippen molar-refractivity contribution in [3.8, 4) is 0 Å². The average molecular weight is 663 g/mol. The normalized spacial score (nSPS) is 12.9. The number of aliphatic carboxylic acids is 1. The van der Waals surface area contributed by atoms with Crippen LogP contribution in [-0.4, -0.2) is 41.6 Å². The lowest BCUT2D eigenvalue weighted by atomic mass is 10.0. The molecule has 0 aliphatic rings. The minimum Gasteiger partial charge on any atom is -0.480 e. The van der Waals surface area contributed by atoms with E-state index in [0.717, 1.165) is 77.0 Å². The summed E-state index contributed by atoms with van der Waals surface area (Å²) in [7, 11) is 0. The van der Waals surface area contributed by atoms with Crippen molar-refractivity contribution in [2.24, 2.45) is 5.73 Å². The van der Waals surface area contributed by atoms with E-state index in [1.165, 1.54) is 77.0 Å². The molecule has 0 aromatic rings. The van der Waals surface area contributed by atoms with Crippen molar-refractivity contribution in [2.45, 2.75) is 206 Å². The van der Waals surface area contributed by atoms with E-state index in [-0.39, 0.29) is 18.0 Å². The summed E-state index contributed by atoms with van der Waals surface area (Å²) < 4.78 is 5.99. The van der Waals surface area contributed by atoms with E-state index in [1.807, 2.05) is 0 Å². The number of hydrogen-bond acceptors (Lipinski definition) is 5. The number of carboxylic acids is 1. The third-order valence-corrected chi connectivity index (χ3v) is 8.77. The maximum absolute atomic E-state index is 12.7. The van der Waals surface area contributed by atoms with Crippen LogP contribution in [0, 0.1) is 0 Å². The highest BCUT2D eigenvalue weighted by Crippen LogP contribution is 2.18. The van der Waals surface area contributed by atoms with Crippen LogP contribution in [0.5, 0.6) is 0 Å². The number of unbranched alkanes of at least 4 members (excludes halogenated alkanes) is 17. The molecule has 2 atom stereocenters. The molecular weight excluding hydrogens is 588 g/mol. The van der Waals surface area contributed by atoms with E-state index in [1.54, 1.807) is 0 Å². The average Bonchev–Trinajstić information content (AvgIpc) is 3.05. The minimum absolute atomic E-state index is 0.0234. The number of hydrogen-bond donors (Lipinski definition) is 3. The van der Waals surface area contributed by atoms with Gasteiger partial charge in [-0.05, 0) is 83.6 Å². The first kappa shape index (κ1) is 44.9. The number of esters is 1. The lowest BCUT2D eigenvalue weighted by Crippen LogP contribution is -2.40. The number of carbonyl (C=O) groups excluding carboxylic acids is 2. The highest BCUT2D eigenvalue weighted by atomic mass is 16.5. The molecule has 0 aliphatic carbocycles. The zero-order valence-corrected chi connectivity index (χ0v) is 30.6. The Balaban J connectivity index is 4.38. The molecule has 0 saturated heterocycles. The molecule has 2 unspecified atom stereocenters. The van der Waals surface area contributed by atoms with Gasteiger partial charge in [0.15, 0.2) is 0 Å². The van der Waals surface area contributed by atoms with Crippen LogP contribution in [-0.2, 0) is 19.1 Å². The van der Waals surface area contributed by atoms with Gasteiger partial charge in [-0.3, -0.25) is 9.59 Å². The summed E-state index contributed by atoms with van der Waals surface area (Å²) in [4.78, 5) is 36.2. The largest absolute Gasteiger partial charge is 0.480 e. The highest BCUT2D eigenvalue weighted by Gasteiger charge is 2.19. The number of rotatable bonds is 35. The molecule has 7 nitrogen and oxygen atoms in total. The summed E-state index contributed by atoms with van der Waals surface area (Å²) >= 11 is 0. The highest BCUT2D eigenvalue weighted by molar-refractivity contribution is 5.83. The number of amides is 1. The van der Waals surface area contributed by atoms with Crippen LogP contribution in [0.2, 0.25) is 0 Å². The molecule has 0 heterocycles. The standard InChI is InChI=1S/C40H74N2O5/c1-3-5-7-9-11-13-15-16-18-21-25-30-36(47-39(44)34-28-24-19-17-14-12-10-8-6-4-2)31-26-22-20-23-27-33-38(43)42-37(40(45)46)32-29-35-41/h11,13,16,18,36-37H,3-10,12,14-15,17,19-35,41H2,1-2H3,(H,42,43)(H,45,46)/b13-11-,18-16-. The Morgan fingerprint density at radius 1 is 0.617 bits per heavy atom. The molecule has 1 amide bonds. The van der Waals surface area contributed by atoms with Crippen LogP contribution in [0.3, 0.4) is 0 Å². The van der Waals surface area contributed by atoms with Crippen LogP contribution >= 0.6 is 0 Å². The predicted molar refractivity (Wildman–Crippen MR) is 197 cm³/mol. The molecular formula is C40H74N2O5. The lowest BCUT2D eigenvalue weighted by molar-refractivity contribution is -0.150. The predicted octanol–water partition coefficient (Wildman–Crippen LogP) is 10.5. The van der Waals surface area contributed by atoms with Crippen molar-refractivity contribution in [1.29, 1.82) is 0 Å². The van der Waals surface area contributed by atoms with Gasteiger partial charge in [0.25, 0.3) is 0 Å². The summed E-state index contributed by atoms with van der Waals surface area (Å²) in [6, 6.07) is -0.858. The zero-order chi connectivity index (χ0) is 34.6. The Kier molecular flexibility index (Phi) is 33.6. The second kappa shape index (κ2) is 35.2. The summed E-state index contributed by atoms with van der Waals surface area (Å²) in [6.45, 7) is 4.90. The molecule has 0 bridgehead atoms. The van der Waals surface area contributed by atoms with E-state index >= 15 is 0 Å². The molecule has 274 valence electrons. The number of allylic oxidation sites excluding steroid dienone is 4. The molecule has 0 fully saturated rings. The Bertz CT molecular complexity index is 797. The second-order valence-corrected chi connectivity index (χ2v) is 13.3. The molecule has 0 spiro atoms. The number of ether oxygens (including phenoxy) is 1. The quantitative estimate of drug-likeness (QED) is 0.0353. The monoisotopic (exact) mass is 663 g/mol. The number of nitrogens with one attached hydrogen (secondary N) is 1. The van der Waals surface area contributed by atoms with Crippen molar-refractivity contribution in [1.82, 2.24) is 5.32 Å². The maximum Gasteiger partial charge on any atom is 0.326 e. The summed E-state index contributed by atoms with van der Waals surface area (Å²) in [5.41, 5.74) is 5.47. The SMILES string of the molecule is CCCCC/C=C\C/C=C\CCCC(CCCCCCCC(=O)NC(CCCN)C(=O)O)OC(=O)CCCCCCCCCCCC. The summed E-state index contributed by atoms with van der Waals surface area (Å²) in [5.74, 6) is -1.26. The fourth-order valence-corrected chi connectivity index (χ4v) is 5.78. The van der Waals surface area contributed by atoms with E-state index in [2.05, 4.69) is 43.5 Å². The smallest absolute Gasteiger partial charge is 0.326 e. The maximum atomic E-state index is 12.7. The molecule has 4 N–H and O–H groups in total. The van der Waals surface area contributed by atoms with Gasteiger partial charge in [0.05, 0.1) is 0 Å². The third kappa shape index (κ3) is 32.2. The molecule has 0 aliphatic heterocycles. The van der Waals surface area contributed by atoms with Gasteiger partial charge in [0.2, 0.25) is 5.91 Å². The number of nitrogens with two attached hydrogens (primary N) is 1. The van der Waals surface area contributed by atoms with Gasteiger partial charge in [-0.25, -0.2) is 4.79 Å². The van der Waals surface area contributed by atoms with Gasteiger partial charge >= 0.3 is 11.9 Å². The number of carbonyl (C=O) groups is 3. The van der Waals surface area contributed by atoms with E-state index in [4.69, 9.17) is 10.5 Å². The van der Waals surface area contributed by atoms with Crippen LogP contribution < -0.4 is 11.1 Å². The first-order chi connectivity index (χ1) is 22.9. The fourth-order valence-electron chi connectivity index (χ4n) is 5.78. The Labute approximate surface area is 289 Å². The lowest BCUT2D eigenvalue weighted by Gasteiger charge is -2.18. The third-order valence-electron chi connectivity index (χ3n) is 8.77. The molecule has 0 radical (unpaired) electrons. The molecule has 47 heavy (non-hydrogen) atoms. The molecule has 0 aromatic heterocycles. The van der Waals surface area contributed by atoms with Crippen molar-refractivity contribution in [3.05, 3.63) is 24.3 Å². The first-order valence-corrected chi connectivity index (χ1v) is 19.7. The van der Waals surface area contributed by atoms with Gasteiger partial charge in [0.1, 0.15) is 12.1 Å². The Morgan fingerprint density at radius 3 is 1.72 bits per heavy atom. The summed E-state index contributed by atoms with van der Waals surface area (Å²) in [6.07, 6.45) is 37.9. The second-order valence-electron chi connectivity index (χ2n) is 13.3. The topological polar surface area (TPSA) is 119 Å². The Morgan fingerprint density at radius 2 is 1.13 bits per heavy atom. The van der Waals surface area contributed by atoms with Crippen molar-refractivity contribution < 1.29 is 24.2 Å². The number of carboxylic acid groups (broad SMARTS) is 1. The van der Waals surface area contributed by atoms with Gasteiger partial charge in [0, 0.05) is 12.8 Å². The minimum atomic E-state index is -1.01. The fraction of sp³-hybridized carbons (Fsp3) is 0.825. The molecule has 0 aromatic carbocycles. The van der Waals surface area contributed by atoms with Crippen LogP contribution in [0.4, 0.5) is 0 Å². The van der Waals surface area contributed by atoms with Gasteiger partial charge in [-0.2, -0.15) is 0 Å². The first-order valence-electron chi connectivity index (χ1n) is 19.7. The van der Waals surface area contributed by atoms with Gasteiger partial charge in [-0.1, -0.05) is 128 Å². The van der Waals surface area contributed by atoms with Crippen LogP contribution in [0.15, 0.2) is 24.3 Å².